The van der Waals surface area contributed by atoms with Gasteiger partial charge in [-0.25, -0.2) is 4.98 Å². The number of anilines is 3. The zero-order valence-corrected chi connectivity index (χ0v) is 15.2. The SMILES string of the molecule is CCOc1ccc(Nc2ccc(C(=O)N3CCc4ccccc43)cn2)cc1. The van der Waals surface area contributed by atoms with Crippen LogP contribution in [0.2, 0.25) is 0 Å². The molecule has 2 aromatic carbocycles. The molecule has 5 heteroatoms. The van der Waals surface area contributed by atoms with Crippen LogP contribution in [0.15, 0.2) is 66.9 Å². The van der Waals surface area contributed by atoms with Gasteiger partial charge in [0.15, 0.2) is 0 Å². The maximum Gasteiger partial charge on any atom is 0.259 e. The number of aromatic nitrogens is 1. The van der Waals surface area contributed by atoms with Crippen LogP contribution in [0.25, 0.3) is 0 Å². The predicted molar refractivity (Wildman–Crippen MR) is 107 cm³/mol. The van der Waals surface area contributed by atoms with Gasteiger partial charge >= 0.3 is 0 Å². The Morgan fingerprint density at radius 3 is 2.67 bits per heavy atom. The Kier molecular flexibility index (Phi) is 4.75. The van der Waals surface area contributed by atoms with Gasteiger partial charge in [-0.15, -0.1) is 0 Å². The second kappa shape index (κ2) is 7.50. The number of fused-ring (bicyclic) bond motifs is 1. The van der Waals surface area contributed by atoms with Gasteiger partial charge in [0, 0.05) is 24.1 Å². The van der Waals surface area contributed by atoms with E-state index in [4.69, 9.17) is 4.74 Å². The molecule has 1 aromatic heterocycles. The average Bonchev–Trinajstić information content (AvgIpc) is 3.14. The molecule has 136 valence electrons. The van der Waals surface area contributed by atoms with Crippen molar-refractivity contribution in [3.8, 4) is 5.75 Å². The minimum atomic E-state index is -0.0138. The van der Waals surface area contributed by atoms with Gasteiger partial charge in [0.25, 0.3) is 5.91 Å². The highest BCUT2D eigenvalue weighted by molar-refractivity contribution is 6.07. The maximum absolute atomic E-state index is 12.8. The van der Waals surface area contributed by atoms with Crippen LogP contribution in [0, 0.1) is 0 Å². The lowest BCUT2D eigenvalue weighted by atomic mass is 10.2. The van der Waals surface area contributed by atoms with E-state index < -0.39 is 0 Å². The molecule has 1 aliphatic rings. The number of carbonyl (C=O) groups excluding carboxylic acids is 1. The van der Waals surface area contributed by atoms with Gasteiger partial charge in [-0.05, 0) is 61.4 Å². The fraction of sp³-hybridized carbons (Fsp3) is 0.182. The predicted octanol–water partition coefficient (Wildman–Crippen LogP) is 4.43. The van der Waals surface area contributed by atoms with Gasteiger partial charge in [0.1, 0.15) is 11.6 Å². The highest BCUT2D eigenvalue weighted by Gasteiger charge is 2.25. The van der Waals surface area contributed by atoms with Gasteiger partial charge in [-0.1, -0.05) is 18.2 Å². The van der Waals surface area contributed by atoms with E-state index in [2.05, 4.69) is 16.4 Å². The third-order valence-electron chi connectivity index (χ3n) is 4.58. The fourth-order valence-corrected chi connectivity index (χ4v) is 3.25. The van der Waals surface area contributed by atoms with Crippen LogP contribution in [0.1, 0.15) is 22.8 Å². The number of para-hydroxylation sites is 1. The molecule has 0 atom stereocenters. The number of nitrogens with one attached hydrogen (secondary N) is 1. The lowest BCUT2D eigenvalue weighted by molar-refractivity contribution is 0.0989. The largest absolute Gasteiger partial charge is 0.494 e. The number of rotatable bonds is 5. The summed E-state index contributed by atoms with van der Waals surface area (Å²) in [4.78, 5) is 19.0. The summed E-state index contributed by atoms with van der Waals surface area (Å²) in [6.45, 7) is 3.31. The third kappa shape index (κ3) is 3.62. The van der Waals surface area contributed by atoms with E-state index >= 15 is 0 Å². The third-order valence-corrected chi connectivity index (χ3v) is 4.58. The Balaban J connectivity index is 1.45. The first-order chi connectivity index (χ1) is 13.2. The smallest absolute Gasteiger partial charge is 0.259 e. The number of pyridine rings is 1. The lowest BCUT2D eigenvalue weighted by Crippen LogP contribution is -2.28. The summed E-state index contributed by atoms with van der Waals surface area (Å²) in [5.41, 5.74) is 3.72. The summed E-state index contributed by atoms with van der Waals surface area (Å²) in [6, 6.07) is 19.4. The van der Waals surface area contributed by atoms with Crippen molar-refractivity contribution in [1.82, 2.24) is 4.98 Å². The summed E-state index contributed by atoms with van der Waals surface area (Å²) in [6.07, 6.45) is 2.52. The first-order valence-corrected chi connectivity index (χ1v) is 9.10. The monoisotopic (exact) mass is 359 g/mol. The number of amides is 1. The van der Waals surface area contributed by atoms with E-state index in [9.17, 15) is 4.79 Å². The van der Waals surface area contributed by atoms with E-state index in [-0.39, 0.29) is 5.91 Å². The van der Waals surface area contributed by atoms with Crippen molar-refractivity contribution in [3.63, 3.8) is 0 Å². The van der Waals surface area contributed by atoms with Crippen molar-refractivity contribution in [3.05, 3.63) is 78.0 Å². The summed E-state index contributed by atoms with van der Waals surface area (Å²) in [5, 5.41) is 3.23. The molecule has 1 aliphatic heterocycles. The number of ether oxygens (including phenoxy) is 1. The first kappa shape index (κ1) is 17.1. The zero-order valence-electron chi connectivity index (χ0n) is 15.2. The Morgan fingerprint density at radius 1 is 1.11 bits per heavy atom. The standard InChI is InChI=1S/C22H21N3O2/c1-2-27-19-10-8-18(9-11-19)24-21-12-7-17(15-23-21)22(26)25-14-13-16-5-3-4-6-20(16)25/h3-12,15H,2,13-14H2,1H3,(H,23,24). The number of hydrogen-bond donors (Lipinski definition) is 1. The Labute approximate surface area is 158 Å². The summed E-state index contributed by atoms with van der Waals surface area (Å²) in [5.74, 6) is 1.51. The molecule has 0 bridgehead atoms. The zero-order chi connectivity index (χ0) is 18.6. The van der Waals surface area contributed by atoms with Crippen molar-refractivity contribution in [2.24, 2.45) is 0 Å². The van der Waals surface area contributed by atoms with Gasteiger partial charge in [0.2, 0.25) is 0 Å². The summed E-state index contributed by atoms with van der Waals surface area (Å²) in [7, 11) is 0. The van der Waals surface area contributed by atoms with E-state index in [1.807, 2.05) is 66.4 Å². The van der Waals surface area contributed by atoms with Gasteiger partial charge in [-0.2, -0.15) is 0 Å². The molecule has 4 rings (SSSR count). The second-order valence-electron chi connectivity index (χ2n) is 6.35. The van der Waals surface area contributed by atoms with Crippen LogP contribution in [0.3, 0.4) is 0 Å². The van der Waals surface area contributed by atoms with Crippen LogP contribution in [0.5, 0.6) is 5.75 Å². The van der Waals surface area contributed by atoms with E-state index in [1.165, 1.54) is 5.56 Å². The molecule has 1 N–H and O–H groups in total. The molecular formula is C22H21N3O2. The Morgan fingerprint density at radius 2 is 1.93 bits per heavy atom. The summed E-state index contributed by atoms with van der Waals surface area (Å²) >= 11 is 0. The molecule has 2 heterocycles. The molecule has 5 nitrogen and oxygen atoms in total. The van der Waals surface area contributed by atoms with Gasteiger partial charge < -0.3 is 15.0 Å². The number of hydrogen-bond acceptors (Lipinski definition) is 4. The van der Waals surface area contributed by atoms with Crippen molar-refractivity contribution in [1.29, 1.82) is 0 Å². The molecule has 0 spiro atoms. The topological polar surface area (TPSA) is 54.5 Å². The molecule has 0 saturated carbocycles. The van der Waals surface area contributed by atoms with E-state index in [0.29, 0.717) is 24.5 Å². The van der Waals surface area contributed by atoms with Crippen molar-refractivity contribution < 1.29 is 9.53 Å². The Bertz CT molecular complexity index is 937. The molecule has 0 fully saturated rings. The highest BCUT2D eigenvalue weighted by atomic mass is 16.5. The van der Waals surface area contributed by atoms with Crippen molar-refractivity contribution >= 4 is 23.1 Å². The number of carbonyl (C=O) groups is 1. The molecule has 0 unspecified atom stereocenters. The minimum absolute atomic E-state index is 0.0138. The first-order valence-electron chi connectivity index (χ1n) is 9.10. The van der Waals surface area contributed by atoms with E-state index in [0.717, 1.165) is 23.5 Å². The van der Waals surface area contributed by atoms with Crippen molar-refractivity contribution in [2.75, 3.05) is 23.4 Å². The van der Waals surface area contributed by atoms with Crippen LogP contribution >= 0.6 is 0 Å². The Hall–Kier alpha value is -3.34. The second-order valence-corrected chi connectivity index (χ2v) is 6.35. The van der Waals surface area contributed by atoms with Crippen LogP contribution in [-0.4, -0.2) is 24.0 Å². The highest BCUT2D eigenvalue weighted by Crippen LogP contribution is 2.29. The molecule has 0 aliphatic carbocycles. The quantitative estimate of drug-likeness (QED) is 0.732. The normalized spacial score (nSPS) is 12.6. The molecule has 3 aromatic rings. The molecule has 0 radical (unpaired) electrons. The summed E-state index contributed by atoms with van der Waals surface area (Å²) < 4.78 is 5.44. The van der Waals surface area contributed by atoms with Gasteiger partial charge in [0.05, 0.1) is 12.2 Å². The number of nitrogens with zero attached hydrogens (tertiary/aromatic N) is 2. The van der Waals surface area contributed by atoms with Crippen LogP contribution in [-0.2, 0) is 6.42 Å². The van der Waals surface area contributed by atoms with E-state index in [1.54, 1.807) is 6.20 Å². The van der Waals surface area contributed by atoms with Crippen LogP contribution < -0.4 is 15.0 Å². The minimum Gasteiger partial charge on any atom is -0.494 e. The van der Waals surface area contributed by atoms with Gasteiger partial charge in [-0.3, -0.25) is 4.79 Å². The number of benzene rings is 2. The average molecular weight is 359 g/mol. The molecule has 1 amide bonds. The molecule has 0 saturated heterocycles. The molecule has 27 heavy (non-hydrogen) atoms. The molecular weight excluding hydrogens is 338 g/mol. The fourth-order valence-electron chi connectivity index (χ4n) is 3.25. The van der Waals surface area contributed by atoms with Crippen molar-refractivity contribution in [2.45, 2.75) is 13.3 Å². The lowest BCUT2D eigenvalue weighted by Gasteiger charge is -2.17. The maximum atomic E-state index is 12.8. The van der Waals surface area contributed by atoms with Crippen LogP contribution in [0.4, 0.5) is 17.2 Å².